The molecule has 0 unspecified atom stereocenters. The van der Waals surface area contributed by atoms with Gasteiger partial charge in [0, 0.05) is 56.2 Å². The Balaban J connectivity index is 0.000000313. The number of benzene rings is 2. The number of cyclic esters (lactones) is 2. The van der Waals surface area contributed by atoms with E-state index >= 15 is 0 Å². The Morgan fingerprint density at radius 3 is 1.51 bits per heavy atom. The van der Waals surface area contributed by atoms with E-state index in [2.05, 4.69) is 20.6 Å². The molecule has 0 radical (unpaired) electrons. The molecule has 2 amide bonds. The number of alkyl halides is 6. The van der Waals surface area contributed by atoms with Crippen LogP contribution in [0, 0.1) is 11.8 Å². The molecular formula is C57H70F6N4O17. The van der Waals surface area contributed by atoms with Crippen LogP contribution in [0.1, 0.15) is 90.7 Å². The van der Waals surface area contributed by atoms with Crippen LogP contribution in [0.5, 0.6) is 23.0 Å². The maximum Gasteiger partial charge on any atom is 0.416 e. The van der Waals surface area contributed by atoms with Crippen molar-refractivity contribution in [3.63, 3.8) is 0 Å². The molecule has 2 saturated heterocycles. The third-order valence-electron chi connectivity index (χ3n) is 12.9. The van der Waals surface area contributed by atoms with Crippen LogP contribution in [0.3, 0.4) is 0 Å². The Kier molecular flexibility index (Phi) is 26.2. The fourth-order valence-electron chi connectivity index (χ4n) is 8.79. The smallest absolute Gasteiger partial charge is 0.416 e. The summed E-state index contributed by atoms with van der Waals surface area (Å²) >= 11 is 0. The molecule has 2 fully saturated rings. The first-order valence-corrected chi connectivity index (χ1v) is 26.9. The van der Waals surface area contributed by atoms with Gasteiger partial charge in [0.2, 0.25) is 6.79 Å². The number of esters is 3. The fraction of sp³-hybridized carbons (Fsp3) is 0.526. The van der Waals surface area contributed by atoms with Gasteiger partial charge in [-0.15, -0.1) is 0 Å². The zero-order chi connectivity index (χ0) is 61.6. The van der Waals surface area contributed by atoms with Gasteiger partial charge in [-0.05, 0) is 81.8 Å². The largest absolute Gasteiger partial charge is 0.503 e. The van der Waals surface area contributed by atoms with Gasteiger partial charge >= 0.3 is 30.3 Å². The highest BCUT2D eigenvalue weighted by atomic mass is 19.4. The Labute approximate surface area is 481 Å². The highest BCUT2D eigenvalue weighted by Gasteiger charge is 2.39. The zero-order valence-electron chi connectivity index (χ0n) is 47.4. The summed E-state index contributed by atoms with van der Waals surface area (Å²) in [5.41, 5.74) is -0.848. The predicted octanol–water partition coefficient (Wildman–Crippen LogP) is 7.27. The Hall–Kier alpha value is -7.33. The van der Waals surface area contributed by atoms with Crippen LogP contribution in [0.15, 0.2) is 73.1 Å². The van der Waals surface area contributed by atoms with Crippen LogP contribution in [0.25, 0.3) is 0 Å². The van der Waals surface area contributed by atoms with Crippen LogP contribution < -0.4 is 24.8 Å². The SMILES string of the molecule is CCCO[C@@H]1[C@@H](Cc2ccc(C(F)(F)F)cc2)COC[C@H](NC(=O)c2nccc(OC)c2O)C(=O)O[C@H]1C.CCCO[C@@H]1[C@@H](Cc2ccc(C(F)(F)F)cc2)COC[C@H](NC(=O)c2nccc(OC)c2OCOC(=O)COCC)C(=O)O[C@H]1C. The van der Waals surface area contributed by atoms with E-state index in [0.29, 0.717) is 50.2 Å². The highest BCUT2D eigenvalue weighted by molar-refractivity contribution is 5.99. The number of nitrogens with one attached hydrogen (secondary N) is 2. The van der Waals surface area contributed by atoms with Crippen LogP contribution in [0.2, 0.25) is 0 Å². The number of nitrogens with zero attached hydrogens (tertiary/aromatic N) is 2. The second-order valence-electron chi connectivity index (χ2n) is 19.2. The van der Waals surface area contributed by atoms with Gasteiger partial charge in [0.25, 0.3) is 11.8 Å². The van der Waals surface area contributed by atoms with E-state index < -0.39 is 108 Å². The molecule has 2 aliphatic rings. The molecule has 4 aromatic rings. The van der Waals surface area contributed by atoms with E-state index in [1.165, 1.54) is 63.0 Å². The number of ether oxygens (including phenoxy) is 11. The number of amides is 2. The molecule has 0 aliphatic carbocycles. The number of halogens is 6. The number of pyridine rings is 2. The summed E-state index contributed by atoms with van der Waals surface area (Å²) in [5, 5.41) is 15.2. The van der Waals surface area contributed by atoms with Gasteiger partial charge in [-0.2, -0.15) is 26.3 Å². The van der Waals surface area contributed by atoms with Crippen LogP contribution in [0.4, 0.5) is 26.3 Å². The van der Waals surface area contributed by atoms with E-state index in [-0.39, 0.29) is 74.0 Å². The molecule has 2 aromatic carbocycles. The third kappa shape index (κ3) is 19.9. The molecule has 0 bridgehead atoms. The van der Waals surface area contributed by atoms with Gasteiger partial charge in [0.1, 0.15) is 18.8 Å². The number of rotatable bonds is 22. The second-order valence-corrected chi connectivity index (χ2v) is 19.2. The van der Waals surface area contributed by atoms with E-state index in [1.807, 2.05) is 13.8 Å². The van der Waals surface area contributed by atoms with E-state index in [4.69, 9.17) is 52.1 Å². The summed E-state index contributed by atoms with van der Waals surface area (Å²) in [6.07, 6.45) is -7.16. The van der Waals surface area contributed by atoms with Crippen molar-refractivity contribution < 1.29 is 108 Å². The van der Waals surface area contributed by atoms with E-state index in [0.717, 1.165) is 24.3 Å². The van der Waals surface area contributed by atoms with Gasteiger partial charge in [0.15, 0.2) is 46.5 Å². The molecule has 0 saturated carbocycles. The van der Waals surface area contributed by atoms with Gasteiger partial charge in [-0.3, -0.25) is 9.59 Å². The van der Waals surface area contributed by atoms with Crippen molar-refractivity contribution >= 4 is 29.7 Å². The lowest BCUT2D eigenvalue weighted by molar-refractivity contribution is -0.161. The number of aromatic nitrogens is 2. The fourth-order valence-corrected chi connectivity index (χ4v) is 8.79. The molecule has 6 rings (SSSR count). The second kappa shape index (κ2) is 32.7. The van der Waals surface area contributed by atoms with Crippen molar-refractivity contribution in [3.05, 3.63) is 107 Å². The monoisotopic (exact) mass is 1200 g/mol. The molecule has 8 atom stereocenters. The molecule has 0 spiro atoms. The third-order valence-corrected chi connectivity index (χ3v) is 12.9. The molecular weight excluding hydrogens is 1130 g/mol. The van der Waals surface area contributed by atoms with Gasteiger partial charge in [0.05, 0.1) is 64.0 Å². The van der Waals surface area contributed by atoms with Crippen molar-refractivity contribution in [3.8, 4) is 23.0 Å². The van der Waals surface area contributed by atoms with Crippen molar-refractivity contribution in [2.45, 2.75) is 109 Å². The number of hydrogen-bond acceptors (Lipinski definition) is 19. The summed E-state index contributed by atoms with van der Waals surface area (Å²) in [5.74, 6) is -5.14. The van der Waals surface area contributed by atoms with Crippen molar-refractivity contribution in [2.75, 3.05) is 73.9 Å². The van der Waals surface area contributed by atoms with Gasteiger partial charge in [-0.25, -0.2) is 24.4 Å². The molecule has 2 aliphatic heterocycles. The number of carbonyl (C=O) groups is 5. The maximum atomic E-state index is 13.4. The van der Waals surface area contributed by atoms with Crippen molar-refractivity contribution in [1.29, 1.82) is 0 Å². The zero-order valence-corrected chi connectivity index (χ0v) is 47.4. The topological polar surface area (TPSA) is 257 Å². The summed E-state index contributed by atoms with van der Waals surface area (Å²) in [6.45, 7) is 8.64. The molecule has 21 nitrogen and oxygen atoms in total. The lowest BCUT2D eigenvalue weighted by Gasteiger charge is -2.30. The molecule has 27 heteroatoms. The van der Waals surface area contributed by atoms with E-state index in [9.17, 15) is 55.4 Å². The maximum absolute atomic E-state index is 13.4. The van der Waals surface area contributed by atoms with Gasteiger partial charge < -0.3 is 67.8 Å². The quantitative estimate of drug-likeness (QED) is 0.0302. The van der Waals surface area contributed by atoms with Gasteiger partial charge in [-0.1, -0.05) is 38.1 Å². The number of aromatic hydroxyl groups is 1. The van der Waals surface area contributed by atoms with Crippen LogP contribution in [-0.4, -0.2) is 155 Å². The summed E-state index contributed by atoms with van der Waals surface area (Å²) in [7, 11) is 2.66. The number of carbonyl (C=O) groups excluding carboxylic acids is 5. The average molecular weight is 1200 g/mol. The molecule has 84 heavy (non-hydrogen) atoms. The lowest BCUT2D eigenvalue weighted by atomic mass is 9.91. The first-order chi connectivity index (χ1) is 40.0. The number of methoxy groups -OCH3 is 2. The minimum absolute atomic E-state index is 0.0362. The molecule has 3 N–H and O–H groups in total. The minimum Gasteiger partial charge on any atom is -0.503 e. The standard InChI is InChI=1S/C31H39F3N2O10.C26H31F3N2O7/c1-5-13-43-27-19(3)46-30(39)23(16-42-15-21(27)14-20-7-9-22(10-8-20)31(32,33)34)36-29(38)26-28(24(40-4)11-12-35-26)45-18-44-25(37)17-41-6-2;1-4-11-37-23-15(2)38-25(34)19(31-24(33)21-22(32)20(35-3)9-10-30-21)14-36-13-17(23)12-16-5-7-18(8-6-16)26(27,28)29/h7-12,19,21,23,27H,5-6,13-18H2,1-4H3,(H,36,38);5-10,15,17,19,23,32H,4,11-14H2,1-3H3,(H,31,33)/t19-,21-,23-,27-;15-,17-,19-,23-/m00/s1. The normalized spacial score (nSPS) is 21.4. The van der Waals surface area contributed by atoms with Crippen molar-refractivity contribution in [1.82, 2.24) is 20.6 Å². The Morgan fingerprint density at radius 1 is 0.643 bits per heavy atom. The summed E-state index contributed by atoms with van der Waals surface area (Å²) in [6, 6.07) is 9.98. The van der Waals surface area contributed by atoms with Crippen LogP contribution in [-0.2, 0) is 77.5 Å². The summed E-state index contributed by atoms with van der Waals surface area (Å²) < 4.78 is 139. The Bertz CT molecular complexity index is 2760. The Morgan fingerprint density at radius 2 is 1.08 bits per heavy atom. The van der Waals surface area contributed by atoms with Crippen molar-refractivity contribution in [2.24, 2.45) is 11.8 Å². The number of hydrogen-bond donors (Lipinski definition) is 3. The van der Waals surface area contributed by atoms with E-state index in [1.54, 1.807) is 20.8 Å². The first kappa shape index (κ1) is 67.5. The highest BCUT2D eigenvalue weighted by Crippen LogP contribution is 2.34. The minimum atomic E-state index is -4.46. The first-order valence-electron chi connectivity index (χ1n) is 26.9. The molecule has 462 valence electrons. The average Bonchev–Trinajstić information content (AvgIpc) is 3.70. The molecule has 4 heterocycles. The molecule has 2 aromatic heterocycles. The van der Waals surface area contributed by atoms with Crippen LogP contribution >= 0.6 is 0 Å². The lowest BCUT2D eigenvalue weighted by Crippen LogP contribution is -2.46. The summed E-state index contributed by atoms with van der Waals surface area (Å²) in [4.78, 5) is 72.0. The predicted molar refractivity (Wildman–Crippen MR) is 284 cm³/mol.